The Hall–Kier alpha value is -2.12. The van der Waals surface area contributed by atoms with Gasteiger partial charge in [-0.25, -0.2) is 0 Å². The van der Waals surface area contributed by atoms with Crippen LogP contribution in [-0.4, -0.2) is 19.4 Å². The molecule has 0 N–H and O–H groups in total. The fourth-order valence-electron chi connectivity index (χ4n) is 1.87. The van der Waals surface area contributed by atoms with E-state index in [2.05, 4.69) is 22.0 Å². The molecule has 0 aromatic heterocycles. The first-order valence-electron chi connectivity index (χ1n) is 6.11. The minimum atomic E-state index is 0.0457. The highest BCUT2D eigenvalue weighted by molar-refractivity contribution is 9.10. The molecule has 2 aromatic carbocycles. The maximum absolute atomic E-state index is 12.2. The van der Waals surface area contributed by atoms with Crippen molar-refractivity contribution in [1.82, 2.24) is 0 Å². The van der Waals surface area contributed by atoms with E-state index in [1.165, 1.54) is 0 Å². The van der Waals surface area contributed by atoms with E-state index in [0.29, 0.717) is 11.1 Å². The van der Waals surface area contributed by atoms with Crippen molar-refractivity contribution in [2.24, 2.45) is 0 Å². The van der Waals surface area contributed by atoms with Crippen molar-refractivity contribution in [3.05, 3.63) is 64.1 Å². The summed E-state index contributed by atoms with van der Waals surface area (Å²) in [4.78, 5) is 14.1. The largest absolute Gasteiger partial charge is 0.367 e. The van der Waals surface area contributed by atoms with Crippen molar-refractivity contribution < 1.29 is 4.79 Å². The number of nitrogens with zero attached hydrogens (tertiary/aromatic N) is 2. The van der Waals surface area contributed by atoms with Crippen LogP contribution in [0.5, 0.6) is 0 Å². The summed E-state index contributed by atoms with van der Waals surface area (Å²) in [6, 6.07) is 16.6. The maximum Gasteiger partial charge on any atom is 0.183 e. The minimum Gasteiger partial charge on any atom is -0.367 e. The lowest BCUT2D eigenvalue weighted by molar-refractivity contribution is 0.0999. The Morgan fingerprint density at radius 2 is 1.85 bits per heavy atom. The van der Waals surface area contributed by atoms with E-state index in [-0.39, 0.29) is 12.3 Å². The molecule has 0 saturated heterocycles. The third-order valence-electron chi connectivity index (χ3n) is 2.99. The second kappa shape index (κ2) is 6.36. The van der Waals surface area contributed by atoms with Gasteiger partial charge in [0.2, 0.25) is 0 Å². The number of ketones is 1. The van der Waals surface area contributed by atoms with E-state index in [0.717, 1.165) is 10.2 Å². The van der Waals surface area contributed by atoms with Gasteiger partial charge in [0, 0.05) is 22.8 Å². The quantitative estimate of drug-likeness (QED) is 0.805. The van der Waals surface area contributed by atoms with Crippen molar-refractivity contribution in [1.29, 1.82) is 5.26 Å². The molecular formula is C16H13BrN2O. The van der Waals surface area contributed by atoms with E-state index < -0.39 is 0 Å². The molecule has 100 valence electrons. The predicted molar refractivity (Wildman–Crippen MR) is 82.9 cm³/mol. The smallest absolute Gasteiger partial charge is 0.183 e. The van der Waals surface area contributed by atoms with E-state index in [9.17, 15) is 4.79 Å². The van der Waals surface area contributed by atoms with Crippen molar-refractivity contribution >= 4 is 27.4 Å². The molecule has 4 heteroatoms. The molecule has 0 aliphatic rings. The van der Waals surface area contributed by atoms with Gasteiger partial charge in [0.05, 0.1) is 18.2 Å². The molecule has 0 aliphatic heterocycles. The zero-order chi connectivity index (χ0) is 14.5. The van der Waals surface area contributed by atoms with Gasteiger partial charge < -0.3 is 4.90 Å². The number of benzene rings is 2. The average Bonchev–Trinajstić information content (AvgIpc) is 2.47. The number of Topliss-reactive ketones (excluding diaryl/α,β-unsaturated/α-hetero) is 1. The minimum absolute atomic E-state index is 0.0457. The number of likely N-dealkylation sites (N-methyl/N-ethyl adjacent to an activating group) is 1. The number of hydrogen-bond donors (Lipinski definition) is 0. The standard InChI is InChI=1S/C16H13BrN2O/c1-19(13-8-6-12(10-18)7-9-13)11-16(20)14-4-2-3-5-15(14)17/h2-9H,11H2,1H3. The molecule has 3 nitrogen and oxygen atoms in total. The van der Waals surface area contributed by atoms with E-state index in [4.69, 9.17) is 5.26 Å². The van der Waals surface area contributed by atoms with Gasteiger partial charge >= 0.3 is 0 Å². The SMILES string of the molecule is CN(CC(=O)c1ccccc1Br)c1ccc(C#N)cc1. The van der Waals surface area contributed by atoms with Gasteiger partial charge in [-0.15, -0.1) is 0 Å². The molecule has 0 heterocycles. The first-order valence-corrected chi connectivity index (χ1v) is 6.90. The summed E-state index contributed by atoms with van der Waals surface area (Å²) < 4.78 is 0.804. The van der Waals surface area contributed by atoms with Gasteiger partial charge in [0.1, 0.15) is 0 Å². The predicted octanol–water partition coefficient (Wildman–Crippen LogP) is 3.64. The van der Waals surface area contributed by atoms with Gasteiger partial charge in [-0.3, -0.25) is 4.79 Å². The molecule has 2 rings (SSSR count). The van der Waals surface area contributed by atoms with Crippen molar-refractivity contribution in [3.8, 4) is 6.07 Å². The Labute approximate surface area is 126 Å². The van der Waals surface area contributed by atoms with Crippen LogP contribution in [0.25, 0.3) is 0 Å². The summed E-state index contributed by atoms with van der Waals surface area (Å²) in [6.07, 6.45) is 0. The lowest BCUT2D eigenvalue weighted by Gasteiger charge is -2.18. The number of anilines is 1. The number of hydrogen-bond acceptors (Lipinski definition) is 3. The zero-order valence-corrected chi connectivity index (χ0v) is 12.6. The van der Waals surface area contributed by atoms with Crippen LogP contribution < -0.4 is 4.90 Å². The summed E-state index contributed by atoms with van der Waals surface area (Å²) in [5.74, 6) is 0.0457. The van der Waals surface area contributed by atoms with Crippen molar-refractivity contribution in [3.63, 3.8) is 0 Å². The van der Waals surface area contributed by atoms with Gasteiger partial charge in [-0.05, 0) is 30.3 Å². The van der Waals surface area contributed by atoms with Crippen LogP contribution >= 0.6 is 15.9 Å². The molecular weight excluding hydrogens is 316 g/mol. The van der Waals surface area contributed by atoms with Crippen LogP contribution in [0.15, 0.2) is 53.0 Å². The fourth-order valence-corrected chi connectivity index (χ4v) is 2.38. The van der Waals surface area contributed by atoms with Crippen molar-refractivity contribution in [2.45, 2.75) is 0 Å². The van der Waals surface area contributed by atoms with E-state index in [1.807, 2.05) is 42.3 Å². The maximum atomic E-state index is 12.2. The summed E-state index contributed by atoms with van der Waals surface area (Å²) in [6.45, 7) is 0.286. The fraction of sp³-hybridized carbons (Fsp3) is 0.125. The zero-order valence-electron chi connectivity index (χ0n) is 11.0. The molecule has 0 unspecified atom stereocenters. The van der Waals surface area contributed by atoms with Crippen LogP contribution in [0, 0.1) is 11.3 Å². The molecule has 0 bridgehead atoms. The Morgan fingerprint density at radius 1 is 1.20 bits per heavy atom. The second-order valence-electron chi connectivity index (χ2n) is 4.42. The van der Waals surface area contributed by atoms with Crippen LogP contribution in [0.3, 0.4) is 0 Å². The van der Waals surface area contributed by atoms with Gasteiger partial charge in [0.25, 0.3) is 0 Å². The Bertz CT molecular complexity index is 659. The molecule has 0 aliphatic carbocycles. The molecule has 0 radical (unpaired) electrons. The number of carbonyl (C=O) groups excluding carboxylic acids is 1. The highest BCUT2D eigenvalue weighted by Crippen LogP contribution is 2.18. The van der Waals surface area contributed by atoms with Crippen molar-refractivity contribution in [2.75, 3.05) is 18.5 Å². The molecule has 20 heavy (non-hydrogen) atoms. The van der Waals surface area contributed by atoms with Crippen LogP contribution in [0.1, 0.15) is 15.9 Å². The lowest BCUT2D eigenvalue weighted by Crippen LogP contribution is -2.25. The third kappa shape index (κ3) is 3.25. The van der Waals surface area contributed by atoms with E-state index in [1.54, 1.807) is 18.2 Å². The third-order valence-corrected chi connectivity index (χ3v) is 3.68. The lowest BCUT2D eigenvalue weighted by atomic mass is 10.1. The van der Waals surface area contributed by atoms with Crippen LogP contribution in [-0.2, 0) is 0 Å². The molecule has 0 fully saturated rings. The topological polar surface area (TPSA) is 44.1 Å². The molecule has 0 saturated carbocycles. The summed E-state index contributed by atoms with van der Waals surface area (Å²) in [7, 11) is 1.86. The first-order chi connectivity index (χ1) is 9.61. The summed E-state index contributed by atoms with van der Waals surface area (Å²) in [5.41, 5.74) is 2.19. The normalized spacial score (nSPS) is 9.85. The molecule has 0 amide bonds. The summed E-state index contributed by atoms with van der Waals surface area (Å²) >= 11 is 3.39. The highest BCUT2D eigenvalue weighted by Gasteiger charge is 2.12. The Balaban J connectivity index is 2.11. The second-order valence-corrected chi connectivity index (χ2v) is 5.27. The molecule has 0 atom stereocenters. The van der Waals surface area contributed by atoms with Gasteiger partial charge in [0.15, 0.2) is 5.78 Å². The molecule has 0 spiro atoms. The van der Waals surface area contributed by atoms with Gasteiger partial charge in [-0.2, -0.15) is 5.26 Å². The summed E-state index contributed by atoms with van der Waals surface area (Å²) in [5, 5.41) is 8.77. The highest BCUT2D eigenvalue weighted by atomic mass is 79.9. The van der Waals surface area contributed by atoms with Crippen LogP contribution in [0.2, 0.25) is 0 Å². The number of rotatable bonds is 4. The first kappa shape index (κ1) is 14.3. The van der Waals surface area contributed by atoms with Gasteiger partial charge in [-0.1, -0.05) is 34.1 Å². The van der Waals surface area contributed by atoms with Crippen LogP contribution in [0.4, 0.5) is 5.69 Å². The van der Waals surface area contributed by atoms with E-state index >= 15 is 0 Å². The Kier molecular flexibility index (Phi) is 4.54. The molecule has 2 aromatic rings. The monoisotopic (exact) mass is 328 g/mol. The number of carbonyl (C=O) groups is 1. The number of halogens is 1. The number of nitriles is 1. The Morgan fingerprint density at radius 3 is 2.45 bits per heavy atom. The average molecular weight is 329 g/mol.